The maximum Gasteiger partial charge on any atom is 0.333 e. The fraction of sp³-hybridized carbons (Fsp3) is 0.545. The van der Waals surface area contributed by atoms with Gasteiger partial charge in [0.1, 0.15) is 47.3 Å². The number of carbonyl (C=O) groups excluding carboxylic acids is 2. The monoisotopic (exact) mass is 961 g/mol. The van der Waals surface area contributed by atoms with Crippen LogP contribution in [0.2, 0.25) is 0 Å². The molecule has 374 valence electrons. The first-order chi connectivity index (χ1) is 33.1. The van der Waals surface area contributed by atoms with E-state index in [4.69, 9.17) is 38.1 Å². The number of ether oxygens (including phenoxy) is 7. The molecule has 15 nitrogen and oxygen atoms in total. The molecule has 3 saturated carbocycles. The van der Waals surface area contributed by atoms with Gasteiger partial charge < -0.3 is 58.4 Å². The molecule has 6 heterocycles. The Morgan fingerprint density at radius 2 is 1.76 bits per heavy atom. The minimum atomic E-state index is -2.20. The van der Waals surface area contributed by atoms with E-state index in [-0.39, 0.29) is 30.3 Å². The lowest BCUT2D eigenvalue weighted by Crippen LogP contribution is -2.78. The smallest absolute Gasteiger partial charge is 0.333 e. The molecule has 3 aromatic rings. The van der Waals surface area contributed by atoms with Crippen molar-refractivity contribution >= 4 is 40.5 Å². The van der Waals surface area contributed by atoms with Crippen LogP contribution in [0.4, 0.5) is 5.95 Å². The molecule has 6 unspecified atom stereocenters. The van der Waals surface area contributed by atoms with Crippen LogP contribution < -0.4 is 19.5 Å². The van der Waals surface area contributed by atoms with Crippen LogP contribution in [-0.4, -0.2) is 104 Å². The van der Waals surface area contributed by atoms with Gasteiger partial charge in [-0.05, 0) is 111 Å². The average Bonchev–Trinajstić information content (AvgIpc) is 3.69. The number of rotatable bonds is 11. The number of fused-ring (bicyclic) bond motifs is 9. The number of aliphatic hydroxyl groups is 3. The lowest BCUT2D eigenvalue weighted by atomic mass is 9.46. The summed E-state index contributed by atoms with van der Waals surface area (Å²) >= 11 is 0. The van der Waals surface area contributed by atoms with Crippen LogP contribution in [-0.2, 0) is 35.0 Å². The maximum absolute atomic E-state index is 15.7. The molecule has 0 amide bonds. The third kappa shape index (κ3) is 7.39. The summed E-state index contributed by atoms with van der Waals surface area (Å²) < 4.78 is 47.9. The highest BCUT2D eigenvalue weighted by atomic mass is 16.8. The Hall–Kier alpha value is -5.29. The van der Waals surface area contributed by atoms with E-state index in [0.717, 1.165) is 17.5 Å². The van der Waals surface area contributed by atoms with Crippen molar-refractivity contribution < 1.29 is 58.1 Å². The average molecular weight is 962 g/mol. The number of nitrogens with zero attached hydrogens (tertiary/aromatic N) is 2. The van der Waals surface area contributed by atoms with E-state index in [1.54, 1.807) is 26.8 Å². The van der Waals surface area contributed by atoms with Crippen molar-refractivity contribution in [2.75, 3.05) is 19.0 Å². The largest absolute Gasteiger partial charge is 0.482 e. The molecule has 2 bridgehead atoms. The minimum absolute atomic E-state index is 0.0705. The highest BCUT2D eigenvalue weighted by Gasteiger charge is 2.77. The zero-order chi connectivity index (χ0) is 50.0. The Balaban J connectivity index is 1.28. The molecular formula is C55H67N3O12. The van der Waals surface area contributed by atoms with E-state index in [9.17, 15) is 20.1 Å². The van der Waals surface area contributed by atoms with Gasteiger partial charge in [0.25, 0.3) is 0 Å². The molecule has 1 aromatic heterocycles. The summed E-state index contributed by atoms with van der Waals surface area (Å²) in [6.07, 6.45) is 5.57. The Labute approximate surface area is 409 Å². The summed E-state index contributed by atoms with van der Waals surface area (Å²) in [5, 5.41) is 41.3. The molecule has 5 aliphatic heterocycles. The number of allylic oxidation sites excluding steroid dienone is 4. The van der Waals surface area contributed by atoms with Gasteiger partial charge in [-0.3, -0.25) is 4.79 Å². The number of aliphatic hydroxyl groups excluding tert-OH is 2. The molecule has 2 saturated heterocycles. The zero-order valence-corrected chi connectivity index (χ0v) is 42.0. The minimum Gasteiger partial charge on any atom is -0.482 e. The number of hydrogen-bond donors (Lipinski definition) is 4. The van der Waals surface area contributed by atoms with Gasteiger partial charge in [-0.1, -0.05) is 55.4 Å². The van der Waals surface area contributed by atoms with Crippen molar-refractivity contribution in [3.05, 3.63) is 87.6 Å². The predicted molar refractivity (Wildman–Crippen MR) is 262 cm³/mol. The number of ketones is 1. The fourth-order valence-corrected chi connectivity index (χ4v) is 12.1. The number of nitrogens with one attached hydrogen (secondary N) is 1. The molecule has 2 aromatic carbocycles. The second-order valence-corrected chi connectivity index (χ2v) is 21.7. The second-order valence-electron chi connectivity index (χ2n) is 21.7. The molecule has 0 radical (unpaired) electrons. The van der Waals surface area contributed by atoms with E-state index in [1.165, 1.54) is 12.7 Å². The first kappa shape index (κ1) is 48.3. The van der Waals surface area contributed by atoms with E-state index in [2.05, 4.69) is 49.7 Å². The maximum atomic E-state index is 15.7. The Kier molecular flexibility index (Phi) is 11.9. The van der Waals surface area contributed by atoms with Gasteiger partial charge in [0.05, 0.1) is 47.6 Å². The number of hydrogen-bond acceptors (Lipinski definition) is 14. The number of carbonyl (C=O) groups is 2. The number of imidazole rings is 1. The third-order valence-electron chi connectivity index (χ3n) is 15.6. The SMILES string of the molecule is COC(=O)/C(C)=C\CC1(O)C(=O)C2CC(C(C)C)C13Oc1c(CC=C(C)C)c4c(c(O[C@@H]5O[C@@H]6COC(C)(C)O[C@H]6[C@H](O)[C@H]5O)c1C1=C3C2n2c(nc3ccccc32)N1)C=CC(C)(CCC=C(C)C)O4. The van der Waals surface area contributed by atoms with E-state index >= 15 is 4.79 Å². The lowest BCUT2D eigenvalue weighted by Gasteiger charge is -2.66. The van der Waals surface area contributed by atoms with Crippen LogP contribution in [0.15, 0.2) is 70.9 Å². The van der Waals surface area contributed by atoms with Gasteiger partial charge in [-0.15, -0.1) is 0 Å². The number of Topliss-reactive ketones (excluding diaryl/α,β-unsaturated/α-hetero) is 1. The Morgan fingerprint density at radius 1 is 1.01 bits per heavy atom. The molecule has 4 N–H and O–H groups in total. The van der Waals surface area contributed by atoms with Crippen LogP contribution in [0.1, 0.15) is 118 Å². The molecule has 70 heavy (non-hydrogen) atoms. The quantitative estimate of drug-likeness (QED) is 0.0821. The van der Waals surface area contributed by atoms with E-state index < -0.39 is 82.9 Å². The number of esters is 1. The number of aromatic nitrogens is 2. The highest BCUT2D eigenvalue weighted by Crippen LogP contribution is 2.70. The summed E-state index contributed by atoms with van der Waals surface area (Å²) in [5.74, 6) is -1.81. The third-order valence-corrected chi connectivity index (χ3v) is 15.6. The van der Waals surface area contributed by atoms with E-state index in [0.29, 0.717) is 70.2 Å². The number of para-hydroxylation sites is 2. The molecule has 15 heteroatoms. The zero-order valence-electron chi connectivity index (χ0n) is 42.0. The van der Waals surface area contributed by atoms with Crippen molar-refractivity contribution in [1.29, 1.82) is 0 Å². The summed E-state index contributed by atoms with van der Waals surface area (Å²) in [6, 6.07) is 7.09. The molecule has 3 aliphatic carbocycles. The summed E-state index contributed by atoms with van der Waals surface area (Å²) in [5.41, 5.74) is 2.06. The van der Waals surface area contributed by atoms with Crippen LogP contribution in [0.5, 0.6) is 17.2 Å². The molecule has 8 aliphatic rings. The van der Waals surface area contributed by atoms with Gasteiger partial charge in [0.15, 0.2) is 22.8 Å². The fourth-order valence-electron chi connectivity index (χ4n) is 12.1. The number of methoxy groups -OCH3 is 1. The van der Waals surface area contributed by atoms with Gasteiger partial charge in [0.2, 0.25) is 12.2 Å². The van der Waals surface area contributed by atoms with Crippen LogP contribution in [0, 0.1) is 17.8 Å². The standard InChI is InChI=1S/C55H67N3O12/c1-27(2)15-14-22-53(10)23-21-32-44(69-53)31(19-18-28(3)4)46-38(45(32)67-50-43(60)42(59)47-37(66-50)26-65-52(8,9)68-47)40-39-41(58-36-17-13-12-16-35(36)56-51(58)57-40)33-25-34(29(5)6)55(39,70-46)54(63,48(33)61)24-20-30(7)49(62)64-11/h12-13,15-18,20-21,23,29,33-34,37,41-43,47,50,59-60,63H,14,19,22,24-26H2,1-11H3,(H,56,57)/b30-20-/t33?,34?,37-,41?,42-,43-,47-,50+,53?,54?,55?/m1/s1. The first-order valence-corrected chi connectivity index (χ1v) is 24.7. The summed E-state index contributed by atoms with van der Waals surface area (Å²) in [4.78, 5) is 33.7. The number of anilines is 1. The van der Waals surface area contributed by atoms with Crippen LogP contribution in [0.25, 0.3) is 22.8 Å². The summed E-state index contributed by atoms with van der Waals surface area (Å²) in [7, 11) is 1.30. The predicted octanol–water partition coefficient (Wildman–Crippen LogP) is 8.06. The van der Waals surface area contributed by atoms with Crippen molar-refractivity contribution in [2.45, 2.75) is 161 Å². The summed E-state index contributed by atoms with van der Waals surface area (Å²) in [6.45, 7) is 19.5. The van der Waals surface area contributed by atoms with Crippen molar-refractivity contribution in [2.24, 2.45) is 17.8 Å². The highest BCUT2D eigenvalue weighted by molar-refractivity contribution is 6.03. The topological polar surface area (TPSA) is 189 Å². The van der Waals surface area contributed by atoms with Crippen molar-refractivity contribution in [3.8, 4) is 17.2 Å². The Bertz CT molecular complexity index is 2830. The van der Waals surface area contributed by atoms with Crippen molar-refractivity contribution in [3.63, 3.8) is 0 Å². The normalized spacial score (nSPS) is 33.2. The van der Waals surface area contributed by atoms with Crippen molar-refractivity contribution in [1.82, 2.24) is 9.55 Å². The van der Waals surface area contributed by atoms with Crippen LogP contribution >= 0.6 is 0 Å². The second kappa shape index (κ2) is 17.2. The van der Waals surface area contributed by atoms with Gasteiger partial charge in [-0.25, -0.2) is 9.78 Å². The lowest BCUT2D eigenvalue weighted by molar-refractivity contribution is -0.373. The van der Waals surface area contributed by atoms with Gasteiger partial charge >= 0.3 is 5.97 Å². The molecule has 1 spiro atoms. The first-order valence-electron chi connectivity index (χ1n) is 24.7. The van der Waals surface area contributed by atoms with Gasteiger partial charge in [-0.2, -0.15) is 0 Å². The van der Waals surface area contributed by atoms with Gasteiger partial charge in [0, 0.05) is 35.0 Å². The molecular weight excluding hydrogens is 895 g/mol. The molecule has 5 fully saturated rings. The van der Waals surface area contributed by atoms with Crippen LogP contribution in [0.3, 0.4) is 0 Å². The van der Waals surface area contributed by atoms with E-state index in [1.807, 2.05) is 57.2 Å². The molecule has 11 rings (SSSR count). The Morgan fingerprint density at radius 3 is 2.47 bits per heavy atom. The number of benzene rings is 2. The molecule has 11 atom stereocenters.